The van der Waals surface area contributed by atoms with E-state index >= 15 is 0 Å². The van der Waals surface area contributed by atoms with Gasteiger partial charge in [0.25, 0.3) is 0 Å². The molecule has 0 aliphatic carbocycles. The molecule has 0 radical (unpaired) electrons. The molecule has 0 aliphatic rings. The molecule has 4 nitrogen and oxygen atoms in total. The van der Waals surface area contributed by atoms with Gasteiger partial charge in [-0.2, -0.15) is 11.0 Å². The zero-order chi connectivity index (χ0) is 46.2. The van der Waals surface area contributed by atoms with Gasteiger partial charge in [0, 0.05) is 12.1 Å². The smallest absolute Gasteiger partial charge is 0.147 e. The minimum absolute atomic E-state index is 0.249. The molecule has 0 aromatic heterocycles. The normalized spacial score (nSPS) is 12.7. The lowest BCUT2D eigenvalue weighted by atomic mass is 9.98. The molecule has 4 aromatic carbocycles. The lowest BCUT2D eigenvalue weighted by Gasteiger charge is -2.19. The third-order valence-corrected chi connectivity index (χ3v) is 12.7. The van der Waals surface area contributed by atoms with Crippen molar-refractivity contribution >= 4 is 12.2 Å². The molecule has 0 spiro atoms. The van der Waals surface area contributed by atoms with Gasteiger partial charge in [-0.15, -0.1) is 0 Å². The second kappa shape index (κ2) is 37.7. The van der Waals surface area contributed by atoms with Crippen molar-refractivity contribution in [2.75, 3.05) is 0 Å². The van der Waals surface area contributed by atoms with Gasteiger partial charge in [0.1, 0.15) is 11.5 Å². The van der Waals surface area contributed by atoms with Crippen molar-refractivity contribution in [1.29, 1.82) is 0 Å². The summed E-state index contributed by atoms with van der Waals surface area (Å²) in [4.78, 5) is 12.1. The number of hydrogen-bond donors (Lipinski definition) is 2. The van der Waals surface area contributed by atoms with Gasteiger partial charge in [0.2, 0.25) is 0 Å². The Morgan fingerprint density at radius 2 is 0.682 bits per heavy atom. The van der Waals surface area contributed by atoms with Crippen LogP contribution in [0.4, 0.5) is 0 Å². The van der Waals surface area contributed by atoms with Crippen LogP contribution in [0.15, 0.2) is 133 Å². The van der Waals surface area contributed by atoms with Crippen LogP contribution in [0, 0.1) is 0 Å². The highest BCUT2D eigenvalue weighted by atomic mass is 16.7. The highest BCUT2D eigenvalue weighted by Gasteiger charge is 2.13. The lowest BCUT2D eigenvalue weighted by Crippen LogP contribution is -2.34. The summed E-state index contributed by atoms with van der Waals surface area (Å²) in [7, 11) is 0. The molecule has 4 heteroatoms. The monoisotopic (exact) mass is 895 g/mol. The first kappa shape index (κ1) is 54.2. The maximum Gasteiger partial charge on any atom is 0.147 e. The van der Waals surface area contributed by atoms with Crippen molar-refractivity contribution in [3.8, 4) is 11.5 Å². The predicted molar refractivity (Wildman–Crippen MR) is 287 cm³/mol. The first-order valence-electron chi connectivity index (χ1n) is 26.8. The average molecular weight is 895 g/mol. The first-order valence-corrected chi connectivity index (χ1v) is 26.8. The van der Waals surface area contributed by atoms with Crippen molar-refractivity contribution < 1.29 is 9.68 Å². The van der Waals surface area contributed by atoms with Crippen LogP contribution in [0.1, 0.15) is 203 Å². The van der Waals surface area contributed by atoms with Gasteiger partial charge in [0.05, 0.1) is 0 Å². The Kier molecular flexibility index (Phi) is 31.0. The number of rotatable bonds is 40. The zero-order valence-electron chi connectivity index (χ0n) is 41.6. The molecule has 0 fully saturated rings. The first-order chi connectivity index (χ1) is 32.7. The van der Waals surface area contributed by atoms with Crippen molar-refractivity contribution in [1.82, 2.24) is 11.0 Å². The van der Waals surface area contributed by atoms with Gasteiger partial charge in [-0.3, -0.25) is 0 Å². The summed E-state index contributed by atoms with van der Waals surface area (Å²) < 4.78 is 0. The van der Waals surface area contributed by atoms with Crippen molar-refractivity contribution in [2.24, 2.45) is 0 Å². The summed E-state index contributed by atoms with van der Waals surface area (Å²) in [5, 5.41) is 0. The molecular weight excluding hydrogens is 805 g/mol. The van der Waals surface area contributed by atoms with Crippen LogP contribution < -0.4 is 20.6 Å². The quantitative estimate of drug-likeness (QED) is 0.0202. The summed E-state index contributed by atoms with van der Waals surface area (Å²) in [5.74, 6) is 1.71. The molecule has 0 saturated heterocycles. The van der Waals surface area contributed by atoms with Crippen molar-refractivity contribution in [3.63, 3.8) is 0 Å². The Labute approximate surface area is 404 Å². The third-order valence-electron chi connectivity index (χ3n) is 12.7. The molecule has 2 atom stereocenters. The number of hydroxylamine groups is 2. The van der Waals surface area contributed by atoms with Gasteiger partial charge in [-0.05, 0) is 124 Å². The highest BCUT2D eigenvalue weighted by molar-refractivity contribution is 5.69. The van der Waals surface area contributed by atoms with E-state index in [1.807, 2.05) is 60.7 Å². The van der Waals surface area contributed by atoms with E-state index in [0.717, 1.165) is 37.2 Å². The van der Waals surface area contributed by atoms with Crippen LogP contribution in [0.25, 0.3) is 12.2 Å². The van der Waals surface area contributed by atoms with E-state index < -0.39 is 0 Å². The predicted octanol–water partition coefficient (Wildman–Crippen LogP) is 18.1. The average Bonchev–Trinajstić information content (AvgIpc) is 3.35. The van der Waals surface area contributed by atoms with E-state index in [4.69, 9.17) is 9.68 Å². The van der Waals surface area contributed by atoms with Crippen LogP contribution in [0.3, 0.4) is 0 Å². The summed E-state index contributed by atoms with van der Waals surface area (Å²) in [5.41, 5.74) is 11.9. The molecule has 0 heterocycles. The van der Waals surface area contributed by atoms with Crippen LogP contribution in [-0.4, -0.2) is 12.1 Å². The van der Waals surface area contributed by atoms with Gasteiger partial charge < -0.3 is 9.68 Å². The molecule has 0 amide bonds. The molecule has 0 aliphatic heterocycles. The molecule has 2 N–H and O–H groups in total. The van der Waals surface area contributed by atoms with Gasteiger partial charge in [-0.25, -0.2) is 0 Å². The molecule has 66 heavy (non-hydrogen) atoms. The second-order valence-corrected chi connectivity index (χ2v) is 18.7. The number of unbranched alkanes of at least 4 members (excludes halogenated alkanes) is 20. The topological polar surface area (TPSA) is 42.5 Å². The Hall–Kier alpha value is -4.38. The molecule has 0 saturated carbocycles. The zero-order valence-corrected chi connectivity index (χ0v) is 41.6. The van der Waals surface area contributed by atoms with E-state index in [2.05, 4.69) is 110 Å². The number of nitrogens with one attached hydrogen (secondary N) is 2. The maximum atomic E-state index is 6.05. The summed E-state index contributed by atoms with van der Waals surface area (Å²) >= 11 is 0. The summed E-state index contributed by atoms with van der Waals surface area (Å²) in [6, 6.07) is 38.7. The fourth-order valence-corrected chi connectivity index (χ4v) is 8.55. The number of hydrogen-bond acceptors (Lipinski definition) is 4. The number of benzene rings is 4. The summed E-state index contributed by atoms with van der Waals surface area (Å²) in [6.07, 6.45) is 49.6. The van der Waals surface area contributed by atoms with E-state index in [9.17, 15) is 0 Å². The number of allylic oxidation sites excluding steroid dienone is 4. The molecular formula is C62H90N2O2. The SMILES string of the molecule is CCCCCCCC/C=C\CCCCCCC(Cc1ccc(C=Cc2ccc(CC(CCCCCC/C=C\CCCCCCCC)NOc3ccccc3)cc2)cc1)NOc1ccccc1. The van der Waals surface area contributed by atoms with Gasteiger partial charge in [-0.1, -0.05) is 238 Å². The third kappa shape index (κ3) is 27.3. The van der Waals surface area contributed by atoms with Crippen LogP contribution in [0.5, 0.6) is 11.5 Å². The molecule has 0 bridgehead atoms. The van der Waals surface area contributed by atoms with Crippen LogP contribution in [-0.2, 0) is 12.8 Å². The fourth-order valence-electron chi connectivity index (χ4n) is 8.55. The largest absolute Gasteiger partial charge is 0.408 e. The van der Waals surface area contributed by atoms with E-state index in [-0.39, 0.29) is 12.1 Å². The maximum absolute atomic E-state index is 6.05. The molecule has 4 aromatic rings. The van der Waals surface area contributed by atoms with E-state index in [1.54, 1.807) is 0 Å². The van der Waals surface area contributed by atoms with Crippen molar-refractivity contribution in [3.05, 3.63) is 156 Å². The highest BCUT2D eigenvalue weighted by Crippen LogP contribution is 2.19. The molecule has 360 valence electrons. The minimum atomic E-state index is 0.249. The van der Waals surface area contributed by atoms with Crippen LogP contribution >= 0.6 is 0 Å². The standard InChI is InChI=1S/C62H90N2O2/c1-3-5-7-9-11-13-15-17-19-21-23-25-27-31-37-59(63-65-61-39-33-29-34-40-61)53-57-49-45-55(46-50-57)43-44-56-47-51-58(52-48-56)54-60(64-66-62-41-35-30-36-42-62)38-32-28-26-24-22-20-18-16-14-12-10-8-6-4-2/h17-20,29-30,33-36,39-52,59-60,63-64H,3-16,21-28,31-32,37-38,53-54H2,1-2H3/b19-17-,20-18-,44-43?. The molecule has 4 rings (SSSR count). The second-order valence-electron chi connectivity index (χ2n) is 18.7. The fraction of sp³-hybridized carbons (Fsp3) is 0.516. The minimum Gasteiger partial charge on any atom is -0.408 e. The van der Waals surface area contributed by atoms with Gasteiger partial charge >= 0.3 is 0 Å². The lowest BCUT2D eigenvalue weighted by molar-refractivity contribution is 0.147. The Bertz CT molecular complexity index is 1650. The van der Waals surface area contributed by atoms with Crippen LogP contribution in [0.2, 0.25) is 0 Å². The summed E-state index contributed by atoms with van der Waals surface area (Å²) in [6.45, 7) is 4.57. The van der Waals surface area contributed by atoms with Gasteiger partial charge in [0.15, 0.2) is 0 Å². The van der Waals surface area contributed by atoms with E-state index in [0.29, 0.717) is 0 Å². The molecule has 2 unspecified atom stereocenters. The number of para-hydroxylation sites is 2. The Morgan fingerprint density at radius 3 is 1.03 bits per heavy atom. The van der Waals surface area contributed by atoms with E-state index in [1.165, 1.54) is 176 Å². The van der Waals surface area contributed by atoms with Crippen molar-refractivity contribution in [2.45, 2.75) is 206 Å². The Balaban J connectivity index is 1.18. The Morgan fingerprint density at radius 1 is 0.364 bits per heavy atom.